The normalized spacial score (nSPS) is 31.5. The summed E-state index contributed by atoms with van der Waals surface area (Å²) in [4.78, 5) is 13.3. The van der Waals surface area contributed by atoms with Crippen LogP contribution < -0.4 is 5.32 Å². The zero-order valence-corrected chi connectivity index (χ0v) is 45.3. The van der Waals surface area contributed by atoms with E-state index in [1.807, 2.05) is 0 Å². The number of hydrogen-bond donors (Lipinski definition) is 12. The summed E-state index contributed by atoms with van der Waals surface area (Å²) in [6, 6.07) is -0.892. The van der Waals surface area contributed by atoms with Gasteiger partial charge in [0.1, 0.15) is 73.2 Å². The van der Waals surface area contributed by atoms with Crippen molar-refractivity contribution in [3.05, 3.63) is 36.5 Å². The van der Waals surface area contributed by atoms with Crippen LogP contribution in [0.2, 0.25) is 0 Å². The van der Waals surface area contributed by atoms with E-state index in [1.165, 1.54) is 70.6 Å². The lowest BCUT2D eigenvalue weighted by Gasteiger charge is -2.48. The monoisotopic (exact) mass is 1080 g/mol. The van der Waals surface area contributed by atoms with E-state index in [9.17, 15) is 61.0 Å². The fourth-order valence-corrected chi connectivity index (χ4v) is 9.67. The summed E-state index contributed by atoms with van der Waals surface area (Å²) < 4.78 is 34.2. The number of hydrogen-bond acceptors (Lipinski definition) is 18. The van der Waals surface area contributed by atoms with Crippen LogP contribution in [0.15, 0.2) is 36.5 Å². The van der Waals surface area contributed by atoms with Crippen LogP contribution in [0.1, 0.15) is 181 Å². The summed E-state index contributed by atoms with van der Waals surface area (Å²) in [7, 11) is 0. The molecule has 3 aliphatic heterocycles. The Labute approximate surface area is 447 Å². The van der Waals surface area contributed by atoms with Gasteiger partial charge < -0.3 is 89.9 Å². The average Bonchev–Trinajstić information content (AvgIpc) is 3.41. The standard InChI is InChI=1S/C56H101NO18/c1-3-5-7-9-11-13-14-15-16-17-18-19-20-21-22-23-24-26-28-30-32-34-44(62)57-39(40(61)33-31-29-27-25-12-10-8-6-4-2)38-70-54-50(68)47(65)52(42(36-59)72-54)75-56-51(69)48(66)53(43(37-60)73-56)74-55-49(67)46(64)45(63)41(35-58)71-55/h14-15,17-18,20-21,39-43,45-56,58-61,63-69H,3-13,16,19,22-38H2,1-2H3,(H,57,62)/b15-14-,18-17-,21-20-. The summed E-state index contributed by atoms with van der Waals surface area (Å²) in [6.07, 6.45) is 13.9. The van der Waals surface area contributed by atoms with Crippen LogP contribution in [0.3, 0.4) is 0 Å². The lowest BCUT2D eigenvalue weighted by Crippen LogP contribution is -2.66. The molecule has 3 fully saturated rings. The molecule has 0 aromatic carbocycles. The second-order valence-electron chi connectivity index (χ2n) is 20.8. The SMILES string of the molecule is CCCCCCC/C=C\C/C=C\C/C=C\CCCCCCCCC(=O)NC(COC1OC(CO)C(OC2OC(CO)C(OC3OC(CO)C(O)C(O)C3O)C(O)C2O)C(O)C1O)C(O)CCCCCCCCCCC. The van der Waals surface area contributed by atoms with Gasteiger partial charge in [0.05, 0.1) is 38.6 Å². The second kappa shape index (κ2) is 40.2. The summed E-state index contributed by atoms with van der Waals surface area (Å²) >= 11 is 0. The molecule has 0 bridgehead atoms. The zero-order valence-electron chi connectivity index (χ0n) is 45.3. The van der Waals surface area contributed by atoms with Crippen molar-refractivity contribution < 1.29 is 89.4 Å². The van der Waals surface area contributed by atoms with Gasteiger partial charge in [-0.2, -0.15) is 0 Å². The van der Waals surface area contributed by atoms with Gasteiger partial charge in [-0.25, -0.2) is 0 Å². The predicted molar refractivity (Wildman–Crippen MR) is 282 cm³/mol. The van der Waals surface area contributed by atoms with Crippen molar-refractivity contribution in [2.75, 3.05) is 26.4 Å². The van der Waals surface area contributed by atoms with E-state index in [0.29, 0.717) is 12.8 Å². The third-order valence-electron chi connectivity index (χ3n) is 14.5. The largest absolute Gasteiger partial charge is 0.394 e. The molecule has 1 amide bonds. The molecule has 0 aromatic heterocycles. The number of nitrogens with one attached hydrogen (secondary N) is 1. The minimum Gasteiger partial charge on any atom is -0.394 e. The van der Waals surface area contributed by atoms with Gasteiger partial charge in [0, 0.05) is 6.42 Å². The van der Waals surface area contributed by atoms with Crippen LogP contribution in [0.25, 0.3) is 0 Å². The molecule has 3 saturated heterocycles. The van der Waals surface area contributed by atoms with Crippen molar-refractivity contribution >= 4 is 5.91 Å². The van der Waals surface area contributed by atoms with E-state index in [1.54, 1.807) is 0 Å². The van der Waals surface area contributed by atoms with Gasteiger partial charge in [0.15, 0.2) is 18.9 Å². The molecule has 3 rings (SSSR count). The number of aliphatic hydroxyl groups is 11. The number of carbonyl (C=O) groups is 1. The quantitative estimate of drug-likeness (QED) is 0.0302. The van der Waals surface area contributed by atoms with Crippen molar-refractivity contribution in [3.63, 3.8) is 0 Å². The van der Waals surface area contributed by atoms with Gasteiger partial charge in [-0.15, -0.1) is 0 Å². The van der Waals surface area contributed by atoms with Gasteiger partial charge in [-0.1, -0.05) is 159 Å². The molecule has 0 aromatic rings. The minimum atomic E-state index is -1.97. The molecular formula is C56H101NO18. The van der Waals surface area contributed by atoms with E-state index >= 15 is 0 Å². The molecule has 75 heavy (non-hydrogen) atoms. The Kier molecular flexibility index (Phi) is 36.1. The first kappa shape index (κ1) is 67.3. The van der Waals surface area contributed by atoms with Crippen molar-refractivity contribution in [3.8, 4) is 0 Å². The molecule has 12 N–H and O–H groups in total. The van der Waals surface area contributed by atoms with Crippen LogP contribution in [0.5, 0.6) is 0 Å². The van der Waals surface area contributed by atoms with E-state index in [-0.39, 0.29) is 18.9 Å². The van der Waals surface area contributed by atoms with Gasteiger partial charge in [0.2, 0.25) is 5.91 Å². The molecule has 17 unspecified atom stereocenters. The second-order valence-corrected chi connectivity index (χ2v) is 20.8. The Morgan fingerprint density at radius 2 is 0.880 bits per heavy atom. The maximum Gasteiger partial charge on any atom is 0.220 e. The van der Waals surface area contributed by atoms with Crippen molar-refractivity contribution in [2.45, 2.75) is 285 Å². The lowest BCUT2D eigenvalue weighted by molar-refractivity contribution is -0.379. The Bertz CT molecular complexity index is 1520. The molecule has 19 nitrogen and oxygen atoms in total. The van der Waals surface area contributed by atoms with Gasteiger partial charge in [-0.3, -0.25) is 4.79 Å². The number of carbonyl (C=O) groups excluding carboxylic acids is 1. The van der Waals surface area contributed by atoms with E-state index < -0.39 is 124 Å². The third kappa shape index (κ3) is 24.9. The highest BCUT2D eigenvalue weighted by Crippen LogP contribution is 2.33. The highest BCUT2D eigenvalue weighted by molar-refractivity contribution is 5.76. The molecule has 0 aliphatic carbocycles. The van der Waals surface area contributed by atoms with Crippen molar-refractivity contribution in [1.82, 2.24) is 5.32 Å². The summed E-state index contributed by atoms with van der Waals surface area (Å²) in [5.74, 6) is -0.259. The fraction of sp³-hybridized carbons (Fsp3) is 0.875. The Hall–Kier alpha value is -1.99. The average molecular weight is 1080 g/mol. The number of unbranched alkanes of at least 4 members (excludes halogenated alkanes) is 19. The summed E-state index contributed by atoms with van der Waals surface area (Å²) in [5, 5.41) is 120. The Balaban J connectivity index is 1.48. The molecule has 0 saturated carbocycles. The molecule has 0 spiro atoms. The van der Waals surface area contributed by atoms with Crippen LogP contribution in [-0.2, 0) is 33.2 Å². The highest BCUT2D eigenvalue weighted by Gasteiger charge is 2.53. The maximum absolute atomic E-state index is 13.3. The smallest absolute Gasteiger partial charge is 0.220 e. The first-order valence-corrected chi connectivity index (χ1v) is 28.7. The molecule has 438 valence electrons. The number of allylic oxidation sites excluding steroid dienone is 6. The van der Waals surface area contributed by atoms with Crippen LogP contribution in [0.4, 0.5) is 0 Å². The first-order chi connectivity index (χ1) is 36.3. The number of aliphatic hydroxyl groups excluding tert-OH is 11. The first-order valence-electron chi connectivity index (χ1n) is 28.7. The Morgan fingerprint density at radius 3 is 1.37 bits per heavy atom. The number of ether oxygens (including phenoxy) is 6. The molecule has 3 aliphatic rings. The molecular weight excluding hydrogens is 975 g/mol. The molecule has 17 atom stereocenters. The maximum atomic E-state index is 13.3. The van der Waals surface area contributed by atoms with Gasteiger partial charge >= 0.3 is 0 Å². The van der Waals surface area contributed by atoms with Crippen molar-refractivity contribution in [2.24, 2.45) is 0 Å². The lowest BCUT2D eigenvalue weighted by atomic mass is 9.96. The van der Waals surface area contributed by atoms with Crippen LogP contribution in [0, 0.1) is 0 Å². The molecule has 3 heterocycles. The van der Waals surface area contributed by atoms with Crippen molar-refractivity contribution in [1.29, 1.82) is 0 Å². The summed E-state index contributed by atoms with van der Waals surface area (Å²) in [6.45, 7) is 1.71. The Morgan fingerprint density at radius 1 is 0.480 bits per heavy atom. The third-order valence-corrected chi connectivity index (χ3v) is 14.5. The van der Waals surface area contributed by atoms with Crippen LogP contribution >= 0.6 is 0 Å². The van der Waals surface area contributed by atoms with Crippen LogP contribution in [-0.4, -0.2) is 193 Å². The van der Waals surface area contributed by atoms with Gasteiger partial charge in [0.25, 0.3) is 0 Å². The molecule has 0 radical (unpaired) electrons. The van der Waals surface area contributed by atoms with E-state index in [0.717, 1.165) is 77.0 Å². The zero-order chi connectivity index (χ0) is 54.8. The van der Waals surface area contributed by atoms with E-state index in [4.69, 9.17) is 28.4 Å². The number of amides is 1. The predicted octanol–water partition coefficient (Wildman–Crippen LogP) is 4.15. The van der Waals surface area contributed by atoms with Gasteiger partial charge in [-0.05, 0) is 51.4 Å². The highest BCUT2D eigenvalue weighted by atomic mass is 16.8. The minimum absolute atomic E-state index is 0.251. The summed E-state index contributed by atoms with van der Waals surface area (Å²) in [5.41, 5.74) is 0. The van der Waals surface area contributed by atoms with E-state index in [2.05, 4.69) is 55.6 Å². The topological polar surface area (TPSA) is 307 Å². The molecule has 19 heteroatoms. The number of rotatable bonds is 41. The fourth-order valence-electron chi connectivity index (χ4n) is 9.67.